The maximum atomic E-state index is 5.64. The van der Waals surface area contributed by atoms with Gasteiger partial charge in [-0.1, -0.05) is 42.5 Å². The van der Waals surface area contributed by atoms with Gasteiger partial charge >= 0.3 is 0 Å². The normalized spacial score (nSPS) is 18.0. The van der Waals surface area contributed by atoms with Crippen molar-refractivity contribution in [3.63, 3.8) is 0 Å². The zero-order valence-corrected chi connectivity index (χ0v) is 14.4. The van der Waals surface area contributed by atoms with Gasteiger partial charge in [0.1, 0.15) is 0 Å². The summed E-state index contributed by atoms with van der Waals surface area (Å²) in [7, 11) is 0. The number of hydrogen-bond acceptors (Lipinski definition) is 2. The van der Waals surface area contributed by atoms with E-state index >= 15 is 0 Å². The highest BCUT2D eigenvalue weighted by atomic mass is 16.5. The summed E-state index contributed by atoms with van der Waals surface area (Å²) >= 11 is 0. The summed E-state index contributed by atoms with van der Waals surface area (Å²) < 4.78 is 5.64. The molecule has 4 heteroatoms. The van der Waals surface area contributed by atoms with Gasteiger partial charge in [0.05, 0.1) is 12.6 Å². The average molecular weight is 325 g/mol. The molecule has 0 spiro atoms. The third-order valence-electron chi connectivity index (χ3n) is 4.39. The van der Waals surface area contributed by atoms with E-state index in [0.717, 1.165) is 51.5 Å². The summed E-state index contributed by atoms with van der Waals surface area (Å²) in [4.78, 5) is 4.66. The van der Waals surface area contributed by atoms with E-state index in [1.165, 1.54) is 16.3 Å². The molecule has 1 saturated heterocycles. The van der Waals surface area contributed by atoms with Crippen LogP contribution in [0.25, 0.3) is 10.8 Å². The zero-order chi connectivity index (χ0) is 16.6. The van der Waals surface area contributed by atoms with Crippen LogP contribution in [0.5, 0.6) is 0 Å². The second-order valence-electron chi connectivity index (χ2n) is 6.17. The van der Waals surface area contributed by atoms with E-state index < -0.39 is 0 Å². The monoisotopic (exact) mass is 325 g/mol. The summed E-state index contributed by atoms with van der Waals surface area (Å²) in [6, 6.07) is 15.1. The second-order valence-corrected chi connectivity index (χ2v) is 6.17. The number of fused-ring (bicyclic) bond motifs is 1. The highest BCUT2D eigenvalue weighted by molar-refractivity contribution is 5.85. The Labute approximate surface area is 144 Å². The quantitative estimate of drug-likeness (QED) is 0.634. The molecule has 0 aromatic heterocycles. The van der Waals surface area contributed by atoms with Crippen molar-refractivity contribution in [3.05, 3.63) is 48.0 Å². The molecule has 1 aliphatic rings. The molecule has 1 atom stereocenters. The minimum Gasteiger partial charge on any atom is -0.376 e. The first kappa shape index (κ1) is 16.8. The van der Waals surface area contributed by atoms with Crippen LogP contribution in [0, 0.1) is 0 Å². The lowest BCUT2D eigenvalue weighted by molar-refractivity contribution is 0.117. The van der Waals surface area contributed by atoms with Gasteiger partial charge in [-0.15, -0.1) is 0 Å². The first-order chi connectivity index (χ1) is 11.9. The summed E-state index contributed by atoms with van der Waals surface area (Å²) in [6.45, 7) is 5.44. The SMILES string of the molecule is CCNC(=NCC1CCCO1)NCCc1cccc2ccccc12. The minimum atomic E-state index is 0.290. The topological polar surface area (TPSA) is 45.7 Å². The summed E-state index contributed by atoms with van der Waals surface area (Å²) in [5.41, 5.74) is 1.37. The number of ether oxygens (including phenoxy) is 1. The van der Waals surface area contributed by atoms with Crippen molar-refractivity contribution in [3.8, 4) is 0 Å². The van der Waals surface area contributed by atoms with Crippen LogP contribution in [0.4, 0.5) is 0 Å². The largest absolute Gasteiger partial charge is 0.376 e. The molecule has 0 aliphatic carbocycles. The van der Waals surface area contributed by atoms with Crippen LogP contribution in [-0.4, -0.2) is 38.3 Å². The zero-order valence-electron chi connectivity index (χ0n) is 14.4. The van der Waals surface area contributed by atoms with Crippen LogP contribution in [0.2, 0.25) is 0 Å². The molecule has 128 valence electrons. The van der Waals surface area contributed by atoms with Crippen molar-refractivity contribution in [2.45, 2.75) is 32.3 Å². The summed E-state index contributed by atoms with van der Waals surface area (Å²) in [5.74, 6) is 0.883. The Morgan fingerprint density at radius 3 is 2.88 bits per heavy atom. The molecule has 1 heterocycles. The molecule has 24 heavy (non-hydrogen) atoms. The van der Waals surface area contributed by atoms with Gasteiger partial charge in [-0.3, -0.25) is 4.99 Å². The van der Waals surface area contributed by atoms with Gasteiger partial charge in [0, 0.05) is 19.7 Å². The highest BCUT2D eigenvalue weighted by Crippen LogP contribution is 2.18. The van der Waals surface area contributed by atoms with Crippen molar-refractivity contribution >= 4 is 16.7 Å². The van der Waals surface area contributed by atoms with Crippen LogP contribution in [-0.2, 0) is 11.2 Å². The molecule has 0 amide bonds. The highest BCUT2D eigenvalue weighted by Gasteiger charge is 2.14. The second kappa shape index (κ2) is 8.69. The van der Waals surface area contributed by atoms with Gasteiger partial charge in [-0.2, -0.15) is 0 Å². The number of aliphatic imine (C=N–C) groups is 1. The molecule has 1 aliphatic heterocycles. The van der Waals surface area contributed by atoms with E-state index in [0.29, 0.717) is 6.10 Å². The Bertz CT molecular complexity index is 672. The number of benzene rings is 2. The van der Waals surface area contributed by atoms with E-state index in [4.69, 9.17) is 4.74 Å². The molecule has 2 aromatic rings. The van der Waals surface area contributed by atoms with Crippen LogP contribution in [0.1, 0.15) is 25.3 Å². The molecular weight excluding hydrogens is 298 g/mol. The molecule has 2 aromatic carbocycles. The average Bonchev–Trinajstić information content (AvgIpc) is 3.13. The molecule has 0 radical (unpaired) electrons. The van der Waals surface area contributed by atoms with E-state index in [1.807, 2.05) is 0 Å². The molecule has 4 nitrogen and oxygen atoms in total. The Kier molecular flexibility index (Phi) is 6.07. The van der Waals surface area contributed by atoms with Gasteiger partial charge in [0.15, 0.2) is 5.96 Å². The van der Waals surface area contributed by atoms with Gasteiger partial charge in [0.2, 0.25) is 0 Å². The van der Waals surface area contributed by atoms with Crippen molar-refractivity contribution in [1.82, 2.24) is 10.6 Å². The number of guanidine groups is 1. The number of hydrogen-bond donors (Lipinski definition) is 2. The first-order valence-corrected chi connectivity index (χ1v) is 8.97. The number of nitrogens with zero attached hydrogens (tertiary/aromatic N) is 1. The predicted octanol–water partition coefficient (Wildman–Crippen LogP) is 3.12. The van der Waals surface area contributed by atoms with Gasteiger partial charge in [-0.25, -0.2) is 0 Å². The maximum absolute atomic E-state index is 5.64. The van der Waals surface area contributed by atoms with Crippen LogP contribution < -0.4 is 10.6 Å². The molecule has 2 N–H and O–H groups in total. The summed E-state index contributed by atoms with van der Waals surface area (Å²) in [6.07, 6.45) is 3.55. The molecular formula is C20H27N3O. The number of nitrogens with one attached hydrogen (secondary N) is 2. The molecule has 3 rings (SSSR count). The Balaban J connectivity index is 1.57. The van der Waals surface area contributed by atoms with Crippen molar-refractivity contribution in [1.29, 1.82) is 0 Å². The van der Waals surface area contributed by atoms with Gasteiger partial charge in [0.25, 0.3) is 0 Å². The third-order valence-corrected chi connectivity index (χ3v) is 4.39. The summed E-state index contributed by atoms with van der Waals surface area (Å²) in [5, 5.41) is 9.39. The lowest BCUT2D eigenvalue weighted by Crippen LogP contribution is -2.39. The maximum Gasteiger partial charge on any atom is 0.191 e. The van der Waals surface area contributed by atoms with E-state index in [-0.39, 0.29) is 0 Å². The van der Waals surface area contributed by atoms with Crippen molar-refractivity contribution in [2.24, 2.45) is 4.99 Å². The fourth-order valence-corrected chi connectivity index (χ4v) is 3.15. The van der Waals surface area contributed by atoms with Gasteiger partial charge in [-0.05, 0) is 42.5 Å². The predicted molar refractivity (Wildman–Crippen MR) is 101 cm³/mol. The van der Waals surface area contributed by atoms with Crippen LogP contribution in [0.3, 0.4) is 0 Å². The Hall–Kier alpha value is -2.07. The Morgan fingerprint density at radius 1 is 1.17 bits per heavy atom. The van der Waals surface area contributed by atoms with Crippen molar-refractivity contribution < 1.29 is 4.74 Å². The Morgan fingerprint density at radius 2 is 2.04 bits per heavy atom. The first-order valence-electron chi connectivity index (χ1n) is 8.97. The lowest BCUT2D eigenvalue weighted by atomic mass is 10.0. The standard InChI is InChI=1S/C20H27N3O/c1-2-21-20(23-15-18-10-6-14-24-18)22-13-12-17-9-5-8-16-7-3-4-11-19(16)17/h3-5,7-9,11,18H,2,6,10,12-15H2,1H3,(H2,21,22,23). The molecule has 1 unspecified atom stereocenters. The van der Waals surface area contributed by atoms with Crippen molar-refractivity contribution in [2.75, 3.05) is 26.2 Å². The van der Waals surface area contributed by atoms with E-state index in [2.05, 4.69) is 65.0 Å². The van der Waals surface area contributed by atoms with Crippen LogP contribution in [0.15, 0.2) is 47.5 Å². The molecule has 0 bridgehead atoms. The van der Waals surface area contributed by atoms with E-state index in [9.17, 15) is 0 Å². The van der Waals surface area contributed by atoms with E-state index in [1.54, 1.807) is 0 Å². The van der Waals surface area contributed by atoms with Crippen LogP contribution >= 0.6 is 0 Å². The third kappa shape index (κ3) is 4.48. The fraction of sp³-hybridized carbons (Fsp3) is 0.450. The molecule has 0 saturated carbocycles. The minimum absolute atomic E-state index is 0.290. The lowest BCUT2D eigenvalue weighted by Gasteiger charge is -2.13. The fourth-order valence-electron chi connectivity index (χ4n) is 3.15. The molecule has 1 fully saturated rings. The van der Waals surface area contributed by atoms with Gasteiger partial charge < -0.3 is 15.4 Å². The smallest absolute Gasteiger partial charge is 0.191 e. The number of rotatable bonds is 6.